The van der Waals surface area contributed by atoms with Crippen LogP contribution in [0, 0.1) is 0 Å². The molecule has 1 aromatic rings. The molecule has 72 valence electrons. The zero-order valence-electron chi connectivity index (χ0n) is 6.77. The number of aromatic hydroxyl groups is 1. The topological polar surface area (TPSA) is 54.4 Å². The second kappa shape index (κ2) is 3.98. The monoisotopic (exact) mass is 220 g/mol. The molecule has 0 bridgehead atoms. The average molecular weight is 221 g/mol. The lowest BCUT2D eigenvalue weighted by Crippen LogP contribution is -2.07. The molecule has 0 fully saturated rings. The summed E-state index contributed by atoms with van der Waals surface area (Å²) in [7, 11) is -3.32. The molecule has 0 spiro atoms. The fraction of sp³-hybridized carbons (Fsp3) is 0.250. The van der Waals surface area contributed by atoms with Crippen molar-refractivity contribution in [2.45, 2.75) is 4.90 Å². The van der Waals surface area contributed by atoms with Gasteiger partial charge in [-0.2, -0.15) is 0 Å². The summed E-state index contributed by atoms with van der Waals surface area (Å²) in [6, 6.07) is 5.54. The summed E-state index contributed by atoms with van der Waals surface area (Å²) in [4.78, 5) is 0.105. The van der Waals surface area contributed by atoms with E-state index in [1.807, 2.05) is 0 Å². The summed E-state index contributed by atoms with van der Waals surface area (Å²) in [5.41, 5.74) is 0. The molecule has 5 heteroatoms. The molecule has 0 saturated heterocycles. The van der Waals surface area contributed by atoms with E-state index in [0.717, 1.165) is 0 Å². The summed E-state index contributed by atoms with van der Waals surface area (Å²) in [6.07, 6.45) is 0. The minimum atomic E-state index is -3.32. The van der Waals surface area contributed by atoms with Gasteiger partial charge in [-0.25, -0.2) is 8.42 Å². The van der Waals surface area contributed by atoms with Crippen molar-refractivity contribution in [3.05, 3.63) is 24.3 Å². The van der Waals surface area contributed by atoms with Crippen LogP contribution in [-0.2, 0) is 9.84 Å². The normalized spacial score (nSPS) is 11.5. The molecule has 0 heterocycles. The van der Waals surface area contributed by atoms with Crippen molar-refractivity contribution in [2.24, 2.45) is 0 Å². The predicted octanol–water partition coefficient (Wildman–Crippen LogP) is 1.40. The standard InChI is InChI=1S/C8H9ClO3S/c9-4-5-13(11,12)8-3-1-2-7(10)6-8/h1-3,6,10H,4-5H2. The fourth-order valence-corrected chi connectivity index (χ4v) is 2.53. The molecule has 13 heavy (non-hydrogen) atoms. The average Bonchev–Trinajstić information content (AvgIpc) is 2.04. The van der Waals surface area contributed by atoms with Crippen LogP contribution in [0.2, 0.25) is 0 Å². The Morgan fingerprint density at radius 2 is 2.08 bits per heavy atom. The quantitative estimate of drug-likeness (QED) is 0.784. The molecule has 0 radical (unpaired) electrons. The molecule has 3 nitrogen and oxygen atoms in total. The highest BCUT2D eigenvalue weighted by Crippen LogP contribution is 2.17. The van der Waals surface area contributed by atoms with Crippen molar-refractivity contribution >= 4 is 21.4 Å². The molecular formula is C8H9ClO3S. The number of sulfone groups is 1. The Kier molecular flexibility index (Phi) is 3.17. The van der Waals surface area contributed by atoms with Gasteiger partial charge < -0.3 is 5.11 Å². The number of halogens is 1. The van der Waals surface area contributed by atoms with Gasteiger partial charge in [0.15, 0.2) is 9.84 Å². The predicted molar refractivity (Wildman–Crippen MR) is 50.9 cm³/mol. The highest BCUT2D eigenvalue weighted by Gasteiger charge is 2.13. The molecule has 0 atom stereocenters. The number of alkyl halides is 1. The van der Waals surface area contributed by atoms with Gasteiger partial charge in [0.1, 0.15) is 5.75 Å². The van der Waals surface area contributed by atoms with Gasteiger partial charge in [0.05, 0.1) is 10.6 Å². The van der Waals surface area contributed by atoms with Gasteiger partial charge in [0.2, 0.25) is 0 Å². The van der Waals surface area contributed by atoms with Gasteiger partial charge >= 0.3 is 0 Å². The summed E-state index contributed by atoms with van der Waals surface area (Å²) in [6.45, 7) is 0. The summed E-state index contributed by atoms with van der Waals surface area (Å²) in [5.74, 6) is -0.119. The van der Waals surface area contributed by atoms with Crippen molar-refractivity contribution in [3.63, 3.8) is 0 Å². The van der Waals surface area contributed by atoms with E-state index >= 15 is 0 Å². The molecule has 0 aliphatic rings. The molecule has 0 unspecified atom stereocenters. The van der Waals surface area contributed by atoms with E-state index in [1.165, 1.54) is 24.3 Å². The van der Waals surface area contributed by atoms with E-state index in [1.54, 1.807) is 0 Å². The first kappa shape index (κ1) is 10.3. The van der Waals surface area contributed by atoms with E-state index in [2.05, 4.69) is 0 Å². The third kappa shape index (κ3) is 2.60. The van der Waals surface area contributed by atoms with Crippen molar-refractivity contribution in [3.8, 4) is 5.75 Å². The summed E-state index contributed by atoms with van der Waals surface area (Å²) in [5, 5.41) is 9.05. The lowest BCUT2D eigenvalue weighted by atomic mass is 10.3. The summed E-state index contributed by atoms with van der Waals surface area (Å²) < 4.78 is 22.8. The van der Waals surface area contributed by atoms with Crippen molar-refractivity contribution in [2.75, 3.05) is 11.6 Å². The number of rotatable bonds is 3. The Hall–Kier alpha value is -0.740. The largest absolute Gasteiger partial charge is 0.508 e. The van der Waals surface area contributed by atoms with Crippen LogP contribution in [0.3, 0.4) is 0 Å². The minimum absolute atomic E-state index is 0.0536. The van der Waals surface area contributed by atoms with Crippen LogP contribution in [0.1, 0.15) is 0 Å². The highest BCUT2D eigenvalue weighted by molar-refractivity contribution is 7.91. The van der Waals surface area contributed by atoms with Gasteiger partial charge in [-0.3, -0.25) is 0 Å². The van der Waals surface area contributed by atoms with Crippen LogP contribution in [0.4, 0.5) is 0 Å². The van der Waals surface area contributed by atoms with Crippen molar-refractivity contribution in [1.29, 1.82) is 0 Å². The van der Waals surface area contributed by atoms with Crippen LogP contribution in [0.25, 0.3) is 0 Å². The van der Waals surface area contributed by atoms with Gasteiger partial charge in [-0.1, -0.05) is 6.07 Å². The summed E-state index contributed by atoms with van der Waals surface area (Å²) >= 11 is 5.33. The first-order valence-electron chi connectivity index (χ1n) is 3.64. The van der Waals surface area contributed by atoms with Crippen LogP contribution in [0.5, 0.6) is 5.75 Å². The zero-order valence-corrected chi connectivity index (χ0v) is 8.35. The first-order valence-corrected chi connectivity index (χ1v) is 5.83. The third-order valence-corrected chi connectivity index (χ3v) is 3.65. The maximum Gasteiger partial charge on any atom is 0.179 e. The molecular weight excluding hydrogens is 212 g/mol. The van der Waals surface area contributed by atoms with E-state index in [0.29, 0.717) is 0 Å². The Bertz CT molecular complexity index is 386. The van der Waals surface area contributed by atoms with Gasteiger partial charge in [0, 0.05) is 5.88 Å². The maximum atomic E-state index is 11.4. The Morgan fingerprint density at radius 1 is 1.38 bits per heavy atom. The van der Waals surface area contributed by atoms with Crippen LogP contribution in [-0.4, -0.2) is 25.2 Å². The highest BCUT2D eigenvalue weighted by atomic mass is 35.5. The Morgan fingerprint density at radius 3 is 2.62 bits per heavy atom. The molecule has 0 aliphatic carbocycles. The molecule has 1 rings (SSSR count). The molecule has 0 aliphatic heterocycles. The van der Waals surface area contributed by atoms with Crippen molar-refractivity contribution < 1.29 is 13.5 Å². The third-order valence-electron chi connectivity index (χ3n) is 1.52. The zero-order chi connectivity index (χ0) is 9.90. The van der Waals surface area contributed by atoms with E-state index in [4.69, 9.17) is 16.7 Å². The van der Waals surface area contributed by atoms with Crippen LogP contribution < -0.4 is 0 Å². The van der Waals surface area contributed by atoms with E-state index < -0.39 is 9.84 Å². The molecule has 1 N–H and O–H groups in total. The van der Waals surface area contributed by atoms with Crippen LogP contribution >= 0.6 is 11.6 Å². The lowest BCUT2D eigenvalue weighted by molar-refractivity contribution is 0.473. The van der Waals surface area contributed by atoms with Crippen molar-refractivity contribution in [1.82, 2.24) is 0 Å². The Balaban J connectivity index is 3.08. The number of benzene rings is 1. The maximum absolute atomic E-state index is 11.4. The number of hydrogen-bond donors (Lipinski definition) is 1. The number of hydrogen-bond acceptors (Lipinski definition) is 3. The molecule has 1 aromatic carbocycles. The smallest absolute Gasteiger partial charge is 0.179 e. The Labute approximate surface area is 81.9 Å². The van der Waals surface area contributed by atoms with Gasteiger partial charge in [0.25, 0.3) is 0 Å². The number of phenols is 1. The minimum Gasteiger partial charge on any atom is -0.508 e. The van der Waals surface area contributed by atoms with E-state index in [9.17, 15) is 8.42 Å². The molecule has 0 aromatic heterocycles. The SMILES string of the molecule is O=S(=O)(CCCl)c1cccc(O)c1. The van der Waals surface area contributed by atoms with Gasteiger partial charge in [-0.05, 0) is 18.2 Å². The lowest BCUT2D eigenvalue weighted by Gasteiger charge is -2.01. The van der Waals surface area contributed by atoms with Crippen LogP contribution in [0.15, 0.2) is 29.2 Å². The van der Waals surface area contributed by atoms with E-state index in [-0.39, 0.29) is 22.3 Å². The molecule has 0 amide bonds. The second-order valence-electron chi connectivity index (χ2n) is 2.51. The second-order valence-corrected chi connectivity index (χ2v) is 4.99. The van der Waals surface area contributed by atoms with Gasteiger partial charge in [-0.15, -0.1) is 11.6 Å². The molecule has 0 saturated carbocycles. The first-order chi connectivity index (χ1) is 6.06. The number of phenolic OH excluding ortho intramolecular Hbond substituents is 1. The fourth-order valence-electron chi connectivity index (χ4n) is 0.896.